The van der Waals surface area contributed by atoms with Crippen LogP contribution in [-0.4, -0.2) is 31.9 Å². The molecule has 3 nitrogen and oxygen atoms in total. The Morgan fingerprint density at radius 1 is 1.29 bits per heavy atom. The fourth-order valence-corrected chi connectivity index (χ4v) is 2.67. The predicted octanol–water partition coefficient (Wildman–Crippen LogP) is 3.52. The van der Waals surface area contributed by atoms with Crippen molar-refractivity contribution in [1.29, 1.82) is 0 Å². The second kappa shape index (κ2) is 6.80. The van der Waals surface area contributed by atoms with Crippen LogP contribution in [0.3, 0.4) is 0 Å². The zero-order valence-electron chi connectivity index (χ0n) is 14.0. The van der Waals surface area contributed by atoms with Gasteiger partial charge >= 0.3 is 0 Å². The van der Waals surface area contributed by atoms with E-state index in [2.05, 4.69) is 51.2 Å². The largest absolute Gasteiger partial charge is 0.488 e. The predicted molar refractivity (Wildman–Crippen MR) is 87.1 cm³/mol. The summed E-state index contributed by atoms with van der Waals surface area (Å²) in [5, 5.41) is 3.31. The Labute approximate surface area is 129 Å². The van der Waals surface area contributed by atoms with Gasteiger partial charge in [0.25, 0.3) is 0 Å². The molecule has 1 aliphatic carbocycles. The molecule has 3 unspecified atom stereocenters. The number of nitrogens with one attached hydrogen (secondary N) is 1. The van der Waals surface area contributed by atoms with Crippen LogP contribution in [0.5, 0.6) is 5.75 Å². The molecule has 1 N–H and O–H groups in total. The highest BCUT2D eigenvalue weighted by Crippen LogP contribution is 2.31. The van der Waals surface area contributed by atoms with Crippen LogP contribution in [0, 0.1) is 0 Å². The van der Waals surface area contributed by atoms with Gasteiger partial charge in [0.15, 0.2) is 0 Å². The van der Waals surface area contributed by atoms with E-state index in [1.807, 2.05) is 13.1 Å². The van der Waals surface area contributed by atoms with E-state index in [0.717, 1.165) is 25.2 Å². The number of ether oxygens (including phenoxy) is 2. The summed E-state index contributed by atoms with van der Waals surface area (Å²) in [6, 6.07) is 8.84. The molecule has 2 rings (SSSR count). The molecule has 0 spiro atoms. The number of likely N-dealkylation sites (N-methyl/N-ethyl adjacent to an activating group) is 1. The average molecular weight is 291 g/mol. The van der Waals surface area contributed by atoms with Gasteiger partial charge in [-0.2, -0.15) is 0 Å². The van der Waals surface area contributed by atoms with Crippen molar-refractivity contribution in [3.8, 4) is 5.75 Å². The highest BCUT2D eigenvalue weighted by atomic mass is 16.5. The van der Waals surface area contributed by atoms with Gasteiger partial charge in [-0.25, -0.2) is 0 Å². The van der Waals surface area contributed by atoms with Gasteiger partial charge in [-0.05, 0) is 36.6 Å². The monoisotopic (exact) mass is 291 g/mol. The molecule has 3 atom stereocenters. The molecule has 0 heterocycles. The molecule has 0 saturated heterocycles. The van der Waals surface area contributed by atoms with E-state index in [1.54, 1.807) is 0 Å². The second-order valence-corrected chi connectivity index (χ2v) is 6.90. The Hall–Kier alpha value is -1.06. The molecule has 1 aromatic rings. The summed E-state index contributed by atoms with van der Waals surface area (Å²) in [5.74, 6) is 0.951. The molecule has 1 aliphatic rings. The molecule has 0 aromatic heterocycles. The maximum Gasteiger partial charge on any atom is 0.128 e. The van der Waals surface area contributed by atoms with Crippen LogP contribution in [0.15, 0.2) is 24.3 Å². The number of hydrogen-bond acceptors (Lipinski definition) is 3. The zero-order chi connectivity index (χ0) is 15.5. The van der Waals surface area contributed by atoms with E-state index < -0.39 is 0 Å². The highest BCUT2D eigenvalue weighted by molar-refractivity contribution is 5.33. The Morgan fingerprint density at radius 3 is 2.67 bits per heavy atom. The van der Waals surface area contributed by atoms with Crippen LogP contribution >= 0.6 is 0 Å². The SMILES string of the molecule is CCCOC1C(NC)CC1Oc1cccc(C(C)(C)C)c1. The van der Waals surface area contributed by atoms with Crippen LogP contribution in [0.4, 0.5) is 0 Å². The lowest BCUT2D eigenvalue weighted by Crippen LogP contribution is -2.60. The van der Waals surface area contributed by atoms with E-state index in [4.69, 9.17) is 9.47 Å². The van der Waals surface area contributed by atoms with Crippen LogP contribution in [0.25, 0.3) is 0 Å². The first-order valence-corrected chi connectivity index (χ1v) is 8.01. The van der Waals surface area contributed by atoms with Crippen molar-refractivity contribution in [3.63, 3.8) is 0 Å². The zero-order valence-corrected chi connectivity index (χ0v) is 14.0. The molecule has 0 aliphatic heterocycles. The first-order valence-electron chi connectivity index (χ1n) is 8.01. The fourth-order valence-electron chi connectivity index (χ4n) is 2.67. The minimum Gasteiger partial charge on any atom is -0.488 e. The summed E-state index contributed by atoms with van der Waals surface area (Å²) < 4.78 is 12.1. The van der Waals surface area contributed by atoms with Crippen molar-refractivity contribution >= 4 is 0 Å². The van der Waals surface area contributed by atoms with Crippen molar-refractivity contribution in [2.45, 2.75) is 64.2 Å². The Morgan fingerprint density at radius 2 is 2.05 bits per heavy atom. The average Bonchev–Trinajstić information content (AvgIpc) is 2.43. The molecular formula is C18H29NO2. The second-order valence-electron chi connectivity index (χ2n) is 6.90. The quantitative estimate of drug-likeness (QED) is 0.870. The van der Waals surface area contributed by atoms with E-state index in [1.165, 1.54) is 5.56 Å². The Bertz CT molecular complexity index is 453. The van der Waals surface area contributed by atoms with E-state index in [9.17, 15) is 0 Å². The van der Waals surface area contributed by atoms with Gasteiger partial charge in [-0.1, -0.05) is 39.8 Å². The molecule has 1 fully saturated rings. The normalized spacial score (nSPS) is 25.5. The summed E-state index contributed by atoms with van der Waals surface area (Å²) in [7, 11) is 1.99. The van der Waals surface area contributed by atoms with Crippen LogP contribution < -0.4 is 10.1 Å². The van der Waals surface area contributed by atoms with Crippen molar-refractivity contribution in [2.75, 3.05) is 13.7 Å². The van der Waals surface area contributed by atoms with Gasteiger partial charge in [0.2, 0.25) is 0 Å². The number of rotatable bonds is 6. The maximum atomic E-state index is 6.16. The third kappa shape index (κ3) is 3.98. The van der Waals surface area contributed by atoms with Crippen LogP contribution in [0.1, 0.15) is 46.1 Å². The Kier molecular flexibility index (Phi) is 5.28. The van der Waals surface area contributed by atoms with Crippen molar-refractivity contribution in [2.24, 2.45) is 0 Å². The van der Waals surface area contributed by atoms with Crippen molar-refractivity contribution in [3.05, 3.63) is 29.8 Å². The third-order valence-electron chi connectivity index (χ3n) is 4.12. The molecule has 118 valence electrons. The summed E-state index contributed by atoms with van der Waals surface area (Å²) in [4.78, 5) is 0. The van der Waals surface area contributed by atoms with Crippen molar-refractivity contribution in [1.82, 2.24) is 5.32 Å². The minimum atomic E-state index is 0.143. The first-order chi connectivity index (χ1) is 9.95. The summed E-state index contributed by atoms with van der Waals surface area (Å²) >= 11 is 0. The van der Waals surface area contributed by atoms with Crippen LogP contribution in [0.2, 0.25) is 0 Å². The van der Waals surface area contributed by atoms with Gasteiger partial charge in [0.1, 0.15) is 18.0 Å². The minimum absolute atomic E-state index is 0.143. The van der Waals surface area contributed by atoms with Gasteiger partial charge in [0.05, 0.1) is 0 Å². The lowest BCUT2D eigenvalue weighted by molar-refractivity contribution is -0.106. The third-order valence-corrected chi connectivity index (χ3v) is 4.12. The maximum absolute atomic E-state index is 6.16. The van der Waals surface area contributed by atoms with Crippen LogP contribution in [-0.2, 0) is 10.2 Å². The summed E-state index contributed by atoms with van der Waals surface area (Å²) in [6.07, 6.45) is 2.36. The number of hydrogen-bond donors (Lipinski definition) is 1. The first kappa shape index (κ1) is 16.3. The molecule has 3 heteroatoms. The molecular weight excluding hydrogens is 262 g/mol. The van der Waals surface area contributed by atoms with E-state index in [0.29, 0.717) is 6.04 Å². The lowest BCUT2D eigenvalue weighted by atomic mass is 9.85. The molecule has 0 amide bonds. The Balaban J connectivity index is 2.01. The summed E-state index contributed by atoms with van der Waals surface area (Å²) in [5.41, 5.74) is 1.44. The van der Waals surface area contributed by atoms with Gasteiger partial charge < -0.3 is 14.8 Å². The van der Waals surface area contributed by atoms with Gasteiger partial charge in [-0.15, -0.1) is 0 Å². The topological polar surface area (TPSA) is 30.5 Å². The standard InChI is InChI=1S/C18H29NO2/c1-6-10-20-17-15(19-5)12-16(17)21-14-9-7-8-13(11-14)18(2,3)4/h7-9,11,15-17,19H,6,10,12H2,1-5H3. The molecule has 1 aromatic carbocycles. The summed E-state index contributed by atoms with van der Waals surface area (Å²) in [6.45, 7) is 9.60. The highest BCUT2D eigenvalue weighted by Gasteiger charge is 2.43. The van der Waals surface area contributed by atoms with E-state index >= 15 is 0 Å². The smallest absolute Gasteiger partial charge is 0.128 e. The molecule has 0 bridgehead atoms. The van der Waals surface area contributed by atoms with Gasteiger partial charge in [-0.3, -0.25) is 0 Å². The number of benzene rings is 1. The lowest BCUT2D eigenvalue weighted by Gasteiger charge is -2.43. The molecule has 21 heavy (non-hydrogen) atoms. The van der Waals surface area contributed by atoms with Gasteiger partial charge in [0, 0.05) is 19.1 Å². The molecule has 0 radical (unpaired) electrons. The fraction of sp³-hybridized carbons (Fsp3) is 0.667. The van der Waals surface area contributed by atoms with E-state index in [-0.39, 0.29) is 17.6 Å². The molecule has 1 saturated carbocycles. The van der Waals surface area contributed by atoms with Crippen molar-refractivity contribution < 1.29 is 9.47 Å².